The van der Waals surface area contributed by atoms with Crippen LogP contribution in [0.15, 0.2) is 48.9 Å². The molecule has 1 fully saturated rings. The molecular weight excluding hydrogens is 647 g/mol. The standard InChI is InChI=1S/C33H38F3N7O6/c1-21-37-12-15-42(21)20-29(44)41-13-4-3-10-39-31(46)25-17-24(19-43(25)32(47)23-7-9-28(40-18-23)33(34,35)36)49-27-16-22(6-8-26(27)48-2)30(45)38-11-5-14-41/h6-9,12,15-16,18,24-25H,3-5,10-11,13-14,17,19-20H2,1-2H3,(H,38,45)(H,39,46)/t24-,25-/m0/s1. The zero-order valence-corrected chi connectivity index (χ0v) is 27.2. The maximum absolute atomic E-state index is 13.6. The molecule has 0 radical (unpaired) electrons. The quantitative estimate of drug-likeness (QED) is 0.426. The number of rotatable bonds is 4. The molecule has 5 rings (SSSR count). The molecule has 0 unspecified atom stereocenters. The highest BCUT2D eigenvalue weighted by atomic mass is 19.4. The normalized spacial score (nSPS) is 19.5. The number of alkyl halides is 3. The third kappa shape index (κ3) is 8.66. The second-order valence-electron chi connectivity index (χ2n) is 11.8. The van der Waals surface area contributed by atoms with Crippen molar-refractivity contribution in [3.05, 3.63) is 71.6 Å². The predicted octanol–water partition coefficient (Wildman–Crippen LogP) is 2.83. The summed E-state index contributed by atoms with van der Waals surface area (Å²) in [6.07, 6.45) is 0.491. The lowest BCUT2D eigenvalue weighted by molar-refractivity contribution is -0.141. The molecule has 0 saturated carbocycles. The average molecular weight is 686 g/mol. The third-order valence-corrected chi connectivity index (χ3v) is 8.47. The Balaban J connectivity index is 1.37. The van der Waals surface area contributed by atoms with Crippen molar-refractivity contribution >= 4 is 23.6 Å². The zero-order valence-electron chi connectivity index (χ0n) is 27.2. The van der Waals surface area contributed by atoms with E-state index in [4.69, 9.17) is 9.47 Å². The Morgan fingerprint density at radius 1 is 1.04 bits per heavy atom. The first-order valence-electron chi connectivity index (χ1n) is 15.9. The third-order valence-electron chi connectivity index (χ3n) is 8.47. The van der Waals surface area contributed by atoms with Gasteiger partial charge in [-0.3, -0.25) is 24.2 Å². The van der Waals surface area contributed by atoms with Crippen molar-refractivity contribution < 1.29 is 41.8 Å². The van der Waals surface area contributed by atoms with Gasteiger partial charge in [-0.25, -0.2) is 4.98 Å². The highest BCUT2D eigenvalue weighted by Gasteiger charge is 2.42. The predicted molar refractivity (Wildman–Crippen MR) is 169 cm³/mol. The molecule has 4 heterocycles. The van der Waals surface area contributed by atoms with E-state index in [1.54, 1.807) is 34.0 Å². The van der Waals surface area contributed by atoms with E-state index >= 15 is 0 Å². The Hall–Kier alpha value is -5.15. The van der Waals surface area contributed by atoms with Gasteiger partial charge in [0.05, 0.1) is 19.2 Å². The van der Waals surface area contributed by atoms with Crippen molar-refractivity contribution in [3.63, 3.8) is 0 Å². The molecule has 2 N–H and O–H groups in total. The molecular formula is C33H38F3N7O6. The number of benzene rings is 1. The van der Waals surface area contributed by atoms with Gasteiger partial charge in [-0.2, -0.15) is 13.2 Å². The number of pyridine rings is 1. The molecule has 1 aromatic carbocycles. The molecule has 0 aliphatic carbocycles. The number of halogens is 3. The van der Waals surface area contributed by atoms with Crippen LogP contribution in [0, 0.1) is 6.92 Å². The van der Waals surface area contributed by atoms with Crippen LogP contribution in [-0.2, 0) is 22.3 Å². The summed E-state index contributed by atoms with van der Waals surface area (Å²) in [6.45, 7) is 3.25. The number of carbonyl (C=O) groups excluding carboxylic acids is 4. The van der Waals surface area contributed by atoms with Crippen molar-refractivity contribution in [1.82, 2.24) is 35.0 Å². The summed E-state index contributed by atoms with van der Waals surface area (Å²) in [5.41, 5.74) is -0.977. The van der Waals surface area contributed by atoms with Crippen molar-refractivity contribution in [2.24, 2.45) is 0 Å². The van der Waals surface area contributed by atoms with E-state index in [0.29, 0.717) is 56.5 Å². The number of methoxy groups -OCH3 is 1. The Labute approximate surface area is 280 Å². The van der Waals surface area contributed by atoms with Gasteiger partial charge in [-0.05, 0) is 56.5 Å². The largest absolute Gasteiger partial charge is 0.493 e. The van der Waals surface area contributed by atoms with Crippen LogP contribution in [0.2, 0.25) is 0 Å². The second-order valence-corrected chi connectivity index (χ2v) is 11.8. The van der Waals surface area contributed by atoms with Crippen molar-refractivity contribution in [2.75, 3.05) is 39.8 Å². The highest BCUT2D eigenvalue weighted by molar-refractivity contribution is 5.98. The molecule has 262 valence electrons. The molecule has 49 heavy (non-hydrogen) atoms. The van der Waals surface area contributed by atoms with Crippen LogP contribution in [0.4, 0.5) is 13.2 Å². The SMILES string of the molecule is COc1ccc2cc1O[C@H]1C[C@@H](C(=O)NCCCCN(C(=O)Cn3ccnc3C)CCCNC2=O)N(C(=O)c2ccc(C(F)(F)F)nc2)C1. The van der Waals surface area contributed by atoms with E-state index in [-0.39, 0.29) is 54.7 Å². The molecule has 4 bridgehead atoms. The summed E-state index contributed by atoms with van der Waals surface area (Å²) in [7, 11) is 1.43. The number of imidazole rings is 1. The van der Waals surface area contributed by atoms with Crippen LogP contribution in [-0.4, -0.2) is 99.9 Å². The molecule has 2 aliphatic rings. The van der Waals surface area contributed by atoms with Gasteiger partial charge in [-0.1, -0.05) is 0 Å². The lowest BCUT2D eigenvalue weighted by Crippen LogP contribution is -2.46. The lowest BCUT2D eigenvalue weighted by atomic mass is 10.1. The minimum atomic E-state index is -4.68. The molecule has 4 amide bonds. The first kappa shape index (κ1) is 35.2. The molecule has 13 nitrogen and oxygen atoms in total. The van der Waals surface area contributed by atoms with E-state index in [9.17, 15) is 32.3 Å². The van der Waals surface area contributed by atoms with Crippen LogP contribution in [0.25, 0.3) is 0 Å². The monoisotopic (exact) mass is 685 g/mol. The number of hydrogen-bond acceptors (Lipinski definition) is 8. The van der Waals surface area contributed by atoms with Crippen LogP contribution in [0.1, 0.15) is 57.9 Å². The van der Waals surface area contributed by atoms with Gasteiger partial charge in [0.1, 0.15) is 30.2 Å². The van der Waals surface area contributed by atoms with Gasteiger partial charge in [-0.15, -0.1) is 0 Å². The summed E-state index contributed by atoms with van der Waals surface area (Å²) >= 11 is 0. The van der Waals surface area contributed by atoms with Gasteiger partial charge in [0.25, 0.3) is 11.8 Å². The van der Waals surface area contributed by atoms with E-state index in [1.165, 1.54) is 18.1 Å². The minimum Gasteiger partial charge on any atom is -0.493 e. The first-order valence-corrected chi connectivity index (χ1v) is 15.9. The fourth-order valence-corrected chi connectivity index (χ4v) is 5.81. The van der Waals surface area contributed by atoms with Gasteiger partial charge in [0.15, 0.2) is 11.5 Å². The zero-order chi connectivity index (χ0) is 35.1. The molecule has 0 spiro atoms. The first-order chi connectivity index (χ1) is 23.4. The fourth-order valence-electron chi connectivity index (χ4n) is 5.81. The van der Waals surface area contributed by atoms with Crippen molar-refractivity contribution in [1.29, 1.82) is 0 Å². The maximum Gasteiger partial charge on any atom is 0.433 e. The van der Waals surface area contributed by atoms with Gasteiger partial charge in [0.2, 0.25) is 11.8 Å². The van der Waals surface area contributed by atoms with E-state index < -0.39 is 35.8 Å². The molecule has 2 atom stereocenters. The number of nitrogens with zero attached hydrogens (tertiary/aromatic N) is 5. The number of aromatic nitrogens is 3. The van der Waals surface area contributed by atoms with E-state index in [0.717, 1.165) is 12.3 Å². The smallest absolute Gasteiger partial charge is 0.433 e. The number of carbonyl (C=O) groups is 4. The number of nitrogens with one attached hydrogen (secondary N) is 2. The number of ether oxygens (including phenoxy) is 2. The lowest BCUT2D eigenvalue weighted by Gasteiger charge is -2.25. The molecule has 2 aromatic heterocycles. The Morgan fingerprint density at radius 2 is 1.82 bits per heavy atom. The minimum absolute atomic E-state index is 0.0645. The van der Waals surface area contributed by atoms with Gasteiger partial charge in [0, 0.05) is 56.8 Å². The summed E-state index contributed by atoms with van der Waals surface area (Å²) < 4.78 is 52.7. The number of aryl methyl sites for hydroxylation is 1. The van der Waals surface area contributed by atoms with E-state index in [1.807, 2.05) is 6.92 Å². The highest BCUT2D eigenvalue weighted by Crippen LogP contribution is 2.33. The van der Waals surface area contributed by atoms with Crippen molar-refractivity contribution in [2.45, 2.75) is 57.5 Å². The fraction of sp³-hybridized carbons (Fsp3) is 0.455. The van der Waals surface area contributed by atoms with Crippen LogP contribution in [0.5, 0.6) is 11.5 Å². The Morgan fingerprint density at radius 3 is 2.51 bits per heavy atom. The summed E-state index contributed by atoms with van der Waals surface area (Å²) in [5, 5.41) is 5.74. The molecule has 3 aromatic rings. The molecule has 1 saturated heterocycles. The second kappa shape index (κ2) is 15.4. The number of likely N-dealkylation sites (tertiary alicyclic amines) is 1. The molecule has 16 heteroatoms. The van der Waals surface area contributed by atoms with Crippen molar-refractivity contribution in [3.8, 4) is 11.5 Å². The van der Waals surface area contributed by atoms with Gasteiger partial charge < -0.3 is 34.5 Å². The summed E-state index contributed by atoms with van der Waals surface area (Å²) in [5.74, 6) is -0.370. The number of fused-ring (bicyclic) bond motifs is 4. The van der Waals surface area contributed by atoms with E-state index in [2.05, 4.69) is 20.6 Å². The topological polar surface area (TPSA) is 148 Å². The molecule has 2 aliphatic heterocycles. The summed E-state index contributed by atoms with van der Waals surface area (Å²) in [6, 6.07) is 5.39. The van der Waals surface area contributed by atoms with Crippen LogP contribution in [0.3, 0.4) is 0 Å². The average Bonchev–Trinajstić information content (AvgIpc) is 3.69. The Kier molecular flexibility index (Phi) is 11.0. The van der Waals surface area contributed by atoms with Crippen LogP contribution < -0.4 is 20.1 Å². The maximum atomic E-state index is 13.6. The van der Waals surface area contributed by atoms with Gasteiger partial charge >= 0.3 is 6.18 Å². The number of hydrogen-bond donors (Lipinski definition) is 2. The number of amides is 4. The Bertz CT molecular complexity index is 1660. The van der Waals surface area contributed by atoms with Crippen LogP contribution >= 0.6 is 0 Å². The summed E-state index contributed by atoms with van der Waals surface area (Å²) in [4.78, 5) is 63.9.